The summed E-state index contributed by atoms with van der Waals surface area (Å²) in [6.45, 7) is 0. The number of primary amides is 1. The molecule has 1 aromatic heterocycles. The maximum atomic E-state index is 11.0. The van der Waals surface area contributed by atoms with E-state index in [-0.39, 0.29) is 12.0 Å². The lowest BCUT2D eigenvalue weighted by atomic mass is 10.3. The van der Waals surface area contributed by atoms with Gasteiger partial charge < -0.3 is 5.73 Å². The second-order valence-electron chi connectivity index (χ2n) is 2.45. The van der Waals surface area contributed by atoms with E-state index in [1.54, 1.807) is 0 Å². The van der Waals surface area contributed by atoms with Crippen LogP contribution in [0.1, 0.15) is 12.0 Å². The van der Waals surface area contributed by atoms with Crippen molar-refractivity contribution in [2.45, 2.75) is 6.42 Å². The Morgan fingerprint density at radius 2 is 2.14 bits per heavy atom. The third kappa shape index (κ3) is 2.64. The smallest absolute Gasteiger partial charge is 0.278 e. The minimum Gasteiger partial charge on any atom is -0.369 e. The van der Waals surface area contributed by atoms with Gasteiger partial charge in [-0.25, -0.2) is 0 Å². The molecule has 1 aromatic rings. The summed E-state index contributed by atoms with van der Waals surface area (Å²) in [6, 6.07) is 1.05. The zero-order valence-corrected chi connectivity index (χ0v) is 7.09. The molecule has 6 heteroatoms. The summed E-state index contributed by atoms with van der Waals surface area (Å²) in [5.74, 6) is 4.16. The van der Waals surface area contributed by atoms with Crippen molar-refractivity contribution in [1.29, 1.82) is 0 Å². The van der Waals surface area contributed by atoms with Crippen LogP contribution in [-0.2, 0) is 4.79 Å². The standard InChI is InChI=1S/C8H7N3O3/c9-6(12)3-1-2-5-4-7(13)10-11-8(5)14/h4H,3H2,(H2,9,12)(H,10,13)(H,11,14). The first-order valence-electron chi connectivity index (χ1n) is 3.69. The van der Waals surface area contributed by atoms with Crippen LogP contribution in [0.3, 0.4) is 0 Å². The number of carbonyl (C=O) groups is 1. The lowest BCUT2D eigenvalue weighted by Gasteiger charge is -1.86. The summed E-state index contributed by atoms with van der Waals surface area (Å²) in [7, 11) is 0. The number of amides is 1. The molecule has 0 spiro atoms. The third-order valence-corrected chi connectivity index (χ3v) is 1.30. The van der Waals surface area contributed by atoms with Crippen LogP contribution < -0.4 is 16.9 Å². The topological polar surface area (TPSA) is 109 Å². The van der Waals surface area contributed by atoms with Gasteiger partial charge in [-0.1, -0.05) is 11.8 Å². The van der Waals surface area contributed by atoms with Crippen LogP contribution in [0.5, 0.6) is 0 Å². The fraction of sp³-hybridized carbons (Fsp3) is 0.125. The fourth-order valence-corrected chi connectivity index (χ4v) is 0.738. The highest BCUT2D eigenvalue weighted by Crippen LogP contribution is 1.79. The minimum atomic E-state index is -0.584. The van der Waals surface area contributed by atoms with Crippen LogP contribution in [0.25, 0.3) is 0 Å². The summed E-state index contributed by atoms with van der Waals surface area (Å²) < 4.78 is 0. The van der Waals surface area contributed by atoms with Crippen molar-refractivity contribution in [3.8, 4) is 11.8 Å². The Hall–Kier alpha value is -2.29. The van der Waals surface area contributed by atoms with E-state index < -0.39 is 17.0 Å². The number of hydrogen-bond donors (Lipinski definition) is 3. The monoisotopic (exact) mass is 193 g/mol. The highest BCUT2D eigenvalue weighted by atomic mass is 16.1. The quantitative estimate of drug-likeness (QED) is 0.462. The van der Waals surface area contributed by atoms with Crippen LogP contribution >= 0.6 is 0 Å². The summed E-state index contributed by atoms with van der Waals surface area (Å²) >= 11 is 0. The van der Waals surface area contributed by atoms with Crippen molar-refractivity contribution < 1.29 is 4.79 Å². The number of hydrogen-bond acceptors (Lipinski definition) is 3. The number of carbonyl (C=O) groups excluding carboxylic acids is 1. The van der Waals surface area contributed by atoms with Crippen LogP contribution in [0.4, 0.5) is 0 Å². The number of H-pyrrole nitrogens is 2. The van der Waals surface area contributed by atoms with Crippen LogP contribution in [-0.4, -0.2) is 16.1 Å². The summed E-state index contributed by atoms with van der Waals surface area (Å²) in [4.78, 5) is 32.1. The molecule has 0 aliphatic heterocycles. The molecular weight excluding hydrogens is 186 g/mol. The Balaban J connectivity index is 3.00. The van der Waals surface area contributed by atoms with Gasteiger partial charge in [0.2, 0.25) is 5.91 Å². The molecule has 0 saturated carbocycles. The van der Waals surface area contributed by atoms with Gasteiger partial charge in [0.05, 0.1) is 12.0 Å². The first-order chi connectivity index (χ1) is 6.59. The van der Waals surface area contributed by atoms with Crippen LogP contribution in [0.2, 0.25) is 0 Å². The van der Waals surface area contributed by atoms with E-state index in [9.17, 15) is 14.4 Å². The van der Waals surface area contributed by atoms with Crippen LogP contribution in [0.15, 0.2) is 15.7 Å². The highest BCUT2D eigenvalue weighted by molar-refractivity contribution is 5.76. The molecule has 1 rings (SSSR count). The number of rotatable bonds is 1. The molecule has 0 aromatic carbocycles. The number of nitrogens with two attached hydrogens (primary N) is 1. The van der Waals surface area contributed by atoms with Crippen molar-refractivity contribution in [2.75, 3.05) is 0 Å². The van der Waals surface area contributed by atoms with E-state index in [1.165, 1.54) is 0 Å². The zero-order chi connectivity index (χ0) is 10.6. The van der Waals surface area contributed by atoms with E-state index >= 15 is 0 Å². The van der Waals surface area contributed by atoms with E-state index in [2.05, 4.69) is 22.0 Å². The highest BCUT2D eigenvalue weighted by Gasteiger charge is 1.95. The van der Waals surface area contributed by atoms with Crippen molar-refractivity contribution >= 4 is 5.91 Å². The molecular formula is C8H7N3O3. The van der Waals surface area contributed by atoms with Gasteiger partial charge >= 0.3 is 0 Å². The average Bonchev–Trinajstić information content (AvgIpc) is 2.10. The zero-order valence-electron chi connectivity index (χ0n) is 7.09. The molecule has 0 saturated heterocycles. The summed E-state index contributed by atoms with van der Waals surface area (Å²) in [5.41, 5.74) is 3.86. The van der Waals surface area contributed by atoms with Gasteiger partial charge in [-0.15, -0.1) is 0 Å². The maximum Gasteiger partial charge on any atom is 0.278 e. The van der Waals surface area contributed by atoms with Gasteiger partial charge in [0.25, 0.3) is 11.1 Å². The normalized spacial score (nSPS) is 8.86. The first-order valence-corrected chi connectivity index (χ1v) is 3.69. The molecule has 6 nitrogen and oxygen atoms in total. The molecule has 0 unspecified atom stereocenters. The number of nitrogens with one attached hydrogen (secondary N) is 2. The molecule has 1 heterocycles. The first kappa shape index (κ1) is 9.80. The van der Waals surface area contributed by atoms with E-state index in [0.717, 1.165) is 6.07 Å². The molecule has 14 heavy (non-hydrogen) atoms. The minimum absolute atomic E-state index is 0.00926. The third-order valence-electron chi connectivity index (χ3n) is 1.30. The van der Waals surface area contributed by atoms with Crippen molar-refractivity contribution in [3.63, 3.8) is 0 Å². The van der Waals surface area contributed by atoms with Gasteiger partial charge in [-0.2, -0.15) is 0 Å². The second kappa shape index (κ2) is 4.09. The molecule has 0 atom stereocenters. The van der Waals surface area contributed by atoms with Gasteiger partial charge in [-0.05, 0) is 0 Å². The largest absolute Gasteiger partial charge is 0.369 e. The van der Waals surface area contributed by atoms with E-state index in [4.69, 9.17) is 5.73 Å². The predicted octanol–water partition coefficient (Wildman–Crippen LogP) is -1.71. The molecule has 72 valence electrons. The Labute approximate surface area is 78.1 Å². The Morgan fingerprint density at radius 1 is 1.43 bits per heavy atom. The maximum absolute atomic E-state index is 11.0. The number of aromatic amines is 2. The summed E-state index contributed by atoms with van der Waals surface area (Å²) in [5, 5.41) is 4.18. The fourth-order valence-electron chi connectivity index (χ4n) is 0.738. The molecule has 0 fully saturated rings. The van der Waals surface area contributed by atoms with Gasteiger partial charge in [0, 0.05) is 6.07 Å². The SMILES string of the molecule is NC(=O)CC#Cc1cc(=O)[nH][nH]c1=O. The molecule has 4 N–H and O–H groups in total. The van der Waals surface area contributed by atoms with Crippen molar-refractivity contribution in [1.82, 2.24) is 10.2 Å². The molecule has 0 radical (unpaired) electrons. The van der Waals surface area contributed by atoms with Crippen molar-refractivity contribution in [3.05, 3.63) is 32.3 Å². The molecule has 0 aliphatic carbocycles. The molecule has 0 bridgehead atoms. The van der Waals surface area contributed by atoms with Crippen LogP contribution in [0, 0.1) is 11.8 Å². The lowest BCUT2D eigenvalue weighted by Crippen LogP contribution is -2.20. The molecule has 0 aliphatic rings. The van der Waals surface area contributed by atoms with Crippen molar-refractivity contribution in [2.24, 2.45) is 5.73 Å². The number of aromatic nitrogens is 2. The van der Waals surface area contributed by atoms with E-state index in [0.29, 0.717) is 0 Å². The van der Waals surface area contributed by atoms with Gasteiger partial charge in [-0.3, -0.25) is 24.6 Å². The predicted molar refractivity (Wildman–Crippen MR) is 48.4 cm³/mol. The average molecular weight is 193 g/mol. The molecule has 1 amide bonds. The van der Waals surface area contributed by atoms with E-state index in [1.807, 2.05) is 0 Å². The Morgan fingerprint density at radius 3 is 2.79 bits per heavy atom. The summed E-state index contributed by atoms with van der Waals surface area (Å²) in [6.07, 6.45) is -0.147. The lowest BCUT2D eigenvalue weighted by molar-refractivity contribution is -0.117. The Bertz CT molecular complexity index is 515. The van der Waals surface area contributed by atoms with Gasteiger partial charge in [0.15, 0.2) is 0 Å². The Kier molecular flexibility index (Phi) is 2.86. The van der Waals surface area contributed by atoms with Gasteiger partial charge in [0.1, 0.15) is 0 Å². The second-order valence-corrected chi connectivity index (χ2v) is 2.45.